The minimum atomic E-state index is 0.513. The molecule has 18 heavy (non-hydrogen) atoms. The summed E-state index contributed by atoms with van der Waals surface area (Å²) in [5.74, 6) is 0. The molecule has 1 heterocycles. The molecule has 3 nitrogen and oxygen atoms in total. The summed E-state index contributed by atoms with van der Waals surface area (Å²) in [6, 6.07) is 0.679. The number of aryl methyl sites for hydroxylation is 1. The lowest BCUT2D eigenvalue weighted by molar-refractivity contribution is 0.197. The smallest absolute Gasteiger partial charge is 0.0948 e. The summed E-state index contributed by atoms with van der Waals surface area (Å²) in [4.78, 5) is 4.26. The summed E-state index contributed by atoms with van der Waals surface area (Å²) in [6.45, 7) is 9.03. The third-order valence-corrected chi connectivity index (χ3v) is 4.04. The third kappa shape index (κ3) is 3.58. The monoisotopic (exact) mass is 249 g/mol. The van der Waals surface area contributed by atoms with Crippen molar-refractivity contribution < 1.29 is 0 Å². The first kappa shape index (κ1) is 13.6. The van der Waals surface area contributed by atoms with Crippen LogP contribution in [0.5, 0.6) is 0 Å². The second kappa shape index (κ2) is 5.87. The summed E-state index contributed by atoms with van der Waals surface area (Å²) in [7, 11) is 0. The van der Waals surface area contributed by atoms with Crippen molar-refractivity contribution in [2.75, 3.05) is 0 Å². The molecule has 1 saturated carbocycles. The second-order valence-electron chi connectivity index (χ2n) is 6.42. The largest absolute Gasteiger partial charge is 0.333 e. The highest BCUT2D eigenvalue weighted by Crippen LogP contribution is 2.35. The Morgan fingerprint density at radius 2 is 2.33 bits per heavy atom. The lowest BCUT2D eigenvalue weighted by atomic mass is 9.75. The van der Waals surface area contributed by atoms with Gasteiger partial charge in [0.15, 0.2) is 0 Å². The summed E-state index contributed by atoms with van der Waals surface area (Å²) >= 11 is 0. The van der Waals surface area contributed by atoms with Gasteiger partial charge in [0.25, 0.3) is 0 Å². The van der Waals surface area contributed by atoms with E-state index in [4.69, 9.17) is 0 Å². The van der Waals surface area contributed by atoms with Gasteiger partial charge in [0.1, 0.15) is 0 Å². The molecule has 1 aliphatic carbocycles. The van der Waals surface area contributed by atoms with Crippen LogP contribution in [0.1, 0.15) is 58.6 Å². The first-order valence-corrected chi connectivity index (χ1v) is 7.33. The Labute approximate surface area is 111 Å². The molecule has 0 aliphatic heterocycles. The van der Waals surface area contributed by atoms with Gasteiger partial charge in [-0.15, -0.1) is 0 Å². The minimum Gasteiger partial charge on any atom is -0.333 e. The van der Waals surface area contributed by atoms with E-state index in [1.54, 1.807) is 0 Å². The normalized spacial score (nSPS) is 23.2. The van der Waals surface area contributed by atoms with Crippen LogP contribution in [-0.4, -0.2) is 15.6 Å². The summed E-state index contributed by atoms with van der Waals surface area (Å²) < 4.78 is 2.26. The van der Waals surface area contributed by atoms with Crippen LogP contribution in [0.15, 0.2) is 12.5 Å². The Morgan fingerprint density at radius 3 is 3.06 bits per heavy atom. The number of hydrogen-bond donors (Lipinski definition) is 1. The van der Waals surface area contributed by atoms with Gasteiger partial charge in [-0.1, -0.05) is 27.2 Å². The molecule has 1 aromatic rings. The summed E-state index contributed by atoms with van der Waals surface area (Å²) in [5, 5.41) is 3.72. The lowest BCUT2D eigenvalue weighted by Crippen LogP contribution is -2.37. The third-order valence-electron chi connectivity index (χ3n) is 4.04. The lowest BCUT2D eigenvalue weighted by Gasteiger charge is -2.35. The predicted octanol–water partition coefficient (Wildman–Crippen LogP) is 3.35. The van der Waals surface area contributed by atoms with Crippen LogP contribution in [-0.2, 0) is 13.1 Å². The Kier molecular flexibility index (Phi) is 4.44. The highest BCUT2D eigenvalue weighted by molar-refractivity contribution is 4.98. The summed E-state index contributed by atoms with van der Waals surface area (Å²) in [6.07, 6.45) is 10.5. The topological polar surface area (TPSA) is 29.9 Å². The van der Waals surface area contributed by atoms with Crippen molar-refractivity contribution in [3.63, 3.8) is 0 Å². The van der Waals surface area contributed by atoms with E-state index < -0.39 is 0 Å². The maximum absolute atomic E-state index is 4.26. The van der Waals surface area contributed by atoms with E-state index >= 15 is 0 Å². The molecule has 102 valence electrons. The van der Waals surface area contributed by atoms with Crippen LogP contribution in [0.2, 0.25) is 0 Å². The number of rotatable bonds is 5. The Hall–Kier alpha value is -0.830. The van der Waals surface area contributed by atoms with Crippen LogP contribution in [0.4, 0.5) is 0 Å². The van der Waals surface area contributed by atoms with Crippen LogP contribution >= 0.6 is 0 Å². The van der Waals surface area contributed by atoms with Crippen molar-refractivity contribution in [3.05, 3.63) is 18.2 Å². The Bertz CT molecular complexity index is 368. The van der Waals surface area contributed by atoms with E-state index in [2.05, 4.69) is 35.6 Å². The number of hydrogen-bond acceptors (Lipinski definition) is 2. The van der Waals surface area contributed by atoms with Gasteiger partial charge in [-0.3, -0.25) is 0 Å². The minimum absolute atomic E-state index is 0.513. The molecule has 1 fully saturated rings. The fourth-order valence-corrected chi connectivity index (χ4v) is 3.06. The van der Waals surface area contributed by atoms with Gasteiger partial charge in [-0.2, -0.15) is 0 Å². The fraction of sp³-hybridized carbons (Fsp3) is 0.800. The van der Waals surface area contributed by atoms with E-state index in [1.165, 1.54) is 37.8 Å². The number of aromatic nitrogens is 2. The first-order valence-electron chi connectivity index (χ1n) is 7.33. The standard InChI is InChI=1S/C15H27N3/c1-4-8-18-12-16-10-14(18)11-17-13-6-5-7-15(2,3)9-13/h10,12-13,17H,4-9,11H2,1-3H3. The van der Waals surface area contributed by atoms with Crippen LogP contribution in [0, 0.1) is 5.41 Å². The molecule has 1 atom stereocenters. The molecule has 0 spiro atoms. The number of imidazole rings is 1. The van der Waals surface area contributed by atoms with Crippen molar-refractivity contribution in [2.24, 2.45) is 5.41 Å². The van der Waals surface area contributed by atoms with E-state index in [-0.39, 0.29) is 0 Å². The second-order valence-corrected chi connectivity index (χ2v) is 6.42. The molecule has 0 bridgehead atoms. The summed E-state index contributed by atoms with van der Waals surface area (Å²) in [5.41, 5.74) is 1.83. The average Bonchev–Trinajstić information content (AvgIpc) is 2.73. The molecule has 1 aromatic heterocycles. The quantitative estimate of drug-likeness (QED) is 0.867. The van der Waals surface area contributed by atoms with E-state index in [0.29, 0.717) is 11.5 Å². The molecule has 1 aliphatic rings. The highest BCUT2D eigenvalue weighted by atomic mass is 15.1. The molecule has 1 unspecified atom stereocenters. The average molecular weight is 249 g/mol. The SMILES string of the molecule is CCCn1cncc1CNC1CCCC(C)(C)C1. The molecule has 0 saturated heterocycles. The zero-order chi connectivity index (χ0) is 13.0. The number of nitrogens with zero attached hydrogens (tertiary/aromatic N) is 2. The zero-order valence-electron chi connectivity index (χ0n) is 12.1. The first-order chi connectivity index (χ1) is 8.61. The maximum atomic E-state index is 4.26. The van der Waals surface area contributed by atoms with Crippen LogP contribution in [0.3, 0.4) is 0 Å². The molecule has 0 aromatic carbocycles. The van der Waals surface area contributed by atoms with Gasteiger partial charge in [0.05, 0.1) is 12.0 Å². The van der Waals surface area contributed by atoms with Crippen LogP contribution < -0.4 is 5.32 Å². The van der Waals surface area contributed by atoms with Crippen molar-refractivity contribution >= 4 is 0 Å². The fourth-order valence-electron chi connectivity index (χ4n) is 3.06. The van der Waals surface area contributed by atoms with Gasteiger partial charge in [0.2, 0.25) is 0 Å². The Morgan fingerprint density at radius 1 is 1.50 bits per heavy atom. The molecule has 0 radical (unpaired) electrons. The van der Waals surface area contributed by atoms with E-state index in [0.717, 1.165) is 13.1 Å². The van der Waals surface area contributed by atoms with Crippen molar-refractivity contribution in [2.45, 2.75) is 72.0 Å². The van der Waals surface area contributed by atoms with Crippen molar-refractivity contribution in [3.8, 4) is 0 Å². The predicted molar refractivity (Wildman–Crippen MR) is 75.4 cm³/mol. The molecule has 2 rings (SSSR count). The highest BCUT2D eigenvalue weighted by Gasteiger charge is 2.27. The Balaban J connectivity index is 1.85. The van der Waals surface area contributed by atoms with Gasteiger partial charge >= 0.3 is 0 Å². The molecular formula is C15H27N3. The van der Waals surface area contributed by atoms with E-state index in [9.17, 15) is 0 Å². The van der Waals surface area contributed by atoms with Crippen molar-refractivity contribution in [1.29, 1.82) is 0 Å². The number of nitrogens with one attached hydrogen (secondary N) is 1. The maximum Gasteiger partial charge on any atom is 0.0948 e. The van der Waals surface area contributed by atoms with Gasteiger partial charge in [-0.25, -0.2) is 4.98 Å². The van der Waals surface area contributed by atoms with Gasteiger partial charge < -0.3 is 9.88 Å². The van der Waals surface area contributed by atoms with Gasteiger partial charge in [-0.05, 0) is 31.1 Å². The zero-order valence-corrected chi connectivity index (χ0v) is 12.1. The molecule has 1 N–H and O–H groups in total. The van der Waals surface area contributed by atoms with Crippen molar-refractivity contribution in [1.82, 2.24) is 14.9 Å². The molecular weight excluding hydrogens is 222 g/mol. The van der Waals surface area contributed by atoms with Crippen LogP contribution in [0.25, 0.3) is 0 Å². The molecule has 0 amide bonds. The van der Waals surface area contributed by atoms with Gasteiger partial charge in [0, 0.05) is 25.3 Å². The van der Waals surface area contributed by atoms with E-state index in [1.807, 2.05) is 12.5 Å². The molecule has 3 heteroatoms.